The molecule has 1 unspecified atom stereocenters. The number of carboxylic acids is 1. The molecule has 7 heteroatoms. The Morgan fingerprint density at radius 1 is 1.35 bits per heavy atom. The van der Waals surface area contributed by atoms with Crippen LogP contribution in [-0.2, 0) is 4.79 Å². The Morgan fingerprint density at radius 3 is 3.00 bits per heavy atom. The predicted octanol–water partition coefficient (Wildman–Crippen LogP) is 0.809. The molecule has 1 fully saturated rings. The minimum absolute atomic E-state index is 0.300. The third-order valence-corrected chi connectivity index (χ3v) is 3.55. The predicted molar refractivity (Wildman–Crippen MR) is 69.3 cm³/mol. The van der Waals surface area contributed by atoms with Crippen LogP contribution < -0.4 is 0 Å². The molecule has 1 saturated heterocycles. The van der Waals surface area contributed by atoms with E-state index >= 15 is 0 Å². The molecule has 1 aliphatic heterocycles. The van der Waals surface area contributed by atoms with Crippen LogP contribution in [0.15, 0.2) is 24.5 Å². The van der Waals surface area contributed by atoms with Gasteiger partial charge in [0.05, 0.1) is 6.20 Å². The molecule has 7 nitrogen and oxygen atoms in total. The van der Waals surface area contributed by atoms with Gasteiger partial charge in [-0.05, 0) is 31.4 Å². The van der Waals surface area contributed by atoms with Gasteiger partial charge in [-0.1, -0.05) is 0 Å². The summed E-state index contributed by atoms with van der Waals surface area (Å²) in [5.41, 5.74) is 0.869. The zero-order chi connectivity index (χ0) is 14.1. The van der Waals surface area contributed by atoms with Crippen molar-refractivity contribution in [1.29, 1.82) is 0 Å². The number of hydrogen-bond donors (Lipinski definition) is 1. The first-order chi connectivity index (χ1) is 9.68. The number of aliphatic carboxylic acids is 1. The van der Waals surface area contributed by atoms with Crippen molar-refractivity contribution in [3.05, 3.63) is 30.2 Å². The molecule has 1 aliphatic rings. The number of carboxylic acid groups (broad SMARTS) is 1. The van der Waals surface area contributed by atoms with E-state index in [4.69, 9.17) is 0 Å². The van der Waals surface area contributed by atoms with Crippen molar-refractivity contribution in [2.45, 2.75) is 25.3 Å². The summed E-state index contributed by atoms with van der Waals surface area (Å²) in [5, 5.41) is 13.3. The molecule has 0 saturated carbocycles. The number of imidazole rings is 1. The van der Waals surface area contributed by atoms with Crippen LogP contribution in [-0.4, -0.2) is 49.1 Å². The number of nitrogens with zero attached hydrogens (tertiary/aromatic N) is 4. The molecule has 1 atom stereocenters. The average Bonchev–Trinajstić information content (AvgIpc) is 2.90. The zero-order valence-corrected chi connectivity index (χ0v) is 10.8. The molecular weight excluding hydrogens is 260 g/mol. The van der Waals surface area contributed by atoms with Crippen molar-refractivity contribution >= 4 is 17.5 Å². The maximum Gasteiger partial charge on any atom is 0.326 e. The third kappa shape index (κ3) is 2.01. The Balaban J connectivity index is 1.96. The summed E-state index contributed by atoms with van der Waals surface area (Å²) < 4.78 is 1.44. The van der Waals surface area contributed by atoms with Gasteiger partial charge in [0.25, 0.3) is 5.91 Å². The summed E-state index contributed by atoms with van der Waals surface area (Å²) in [6, 6.07) is 2.72. The molecule has 0 aliphatic carbocycles. The molecule has 20 heavy (non-hydrogen) atoms. The largest absolute Gasteiger partial charge is 0.480 e. The second-order valence-electron chi connectivity index (χ2n) is 4.79. The van der Waals surface area contributed by atoms with Gasteiger partial charge < -0.3 is 10.0 Å². The second-order valence-corrected chi connectivity index (χ2v) is 4.79. The van der Waals surface area contributed by atoms with E-state index in [0.717, 1.165) is 12.8 Å². The quantitative estimate of drug-likeness (QED) is 0.875. The van der Waals surface area contributed by atoms with Gasteiger partial charge in [0.2, 0.25) is 0 Å². The van der Waals surface area contributed by atoms with Crippen molar-refractivity contribution in [1.82, 2.24) is 19.5 Å². The lowest BCUT2D eigenvalue weighted by atomic mass is 10.0. The van der Waals surface area contributed by atoms with Crippen LogP contribution in [0.5, 0.6) is 0 Å². The third-order valence-electron chi connectivity index (χ3n) is 3.55. The molecular formula is C13H14N4O3. The van der Waals surface area contributed by atoms with Crippen LogP contribution in [0.2, 0.25) is 0 Å². The Kier molecular flexibility index (Phi) is 3.09. The smallest absolute Gasteiger partial charge is 0.326 e. The first kappa shape index (κ1) is 12.6. The van der Waals surface area contributed by atoms with E-state index in [1.54, 1.807) is 18.3 Å². The summed E-state index contributed by atoms with van der Waals surface area (Å²) in [4.78, 5) is 29.3. The Hall–Kier alpha value is -2.44. The number of carbonyl (C=O) groups excluding carboxylic acids is 1. The number of amides is 1. The lowest BCUT2D eigenvalue weighted by Crippen LogP contribution is -2.48. The fourth-order valence-electron chi connectivity index (χ4n) is 2.55. The molecule has 3 heterocycles. The molecule has 0 spiro atoms. The van der Waals surface area contributed by atoms with Crippen LogP contribution in [0.25, 0.3) is 5.65 Å². The van der Waals surface area contributed by atoms with Gasteiger partial charge in [-0.25, -0.2) is 14.3 Å². The van der Waals surface area contributed by atoms with E-state index in [1.807, 2.05) is 0 Å². The maximum atomic E-state index is 12.6. The average molecular weight is 274 g/mol. The van der Waals surface area contributed by atoms with Gasteiger partial charge in [0, 0.05) is 12.7 Å². The fourth-order valence-corrected chi connectivity index (χ4v) is 2.55. The monoisotopic (exact) mass is 274 g/mol. The SMILES string of the molecule is O=C(O)C1CCCCN1C(=O)c1cnc2cccnn12. The van der Waals surface area contributed by atoms with Crippen LogP contribution in [0, 0.1) is 0 Å². The van der Waals surface area contributed by atoms with Crippen molar-refractivity contribution in [2.75, 3.05) is 6.54 Å². The van der Waals surface area contributed by atoms with Gasteiger partial charge >= 0.3 is 5.97 Å². The molecule has 2 aromatic rings. The fraction of sp³-hybridized carbons (Fsp3) is 0.385. The Labute approximate surface area is 114 Å². The lowest BCUT2D eigenvalue weighted by Gasteiger charge is -2.32. The summed E-state index contributed by atoms with van der Waals surface area (Å²) in [7, 11) is 0. The van der Waals surface area contributed by atoms with Crippen molar-refractivity contribution in [2.24, 2.45) is 0 Å². The van der Waals surface area contributed by atoms with E-state index in [0.29, 0.717) is 24.3 Å². The van der Waals surface area contributed by atoms with E-state index in [2.05, 4.69) is 10.1 Å². The first-order valence-electron chi connectivity index (χ1n) is 6.51. The zero-order valence-electron chi connectivity index (χ0n) is 10.8. The van der Waals surface area contributed by atoms with Crippen LogP contribution >= 0.6 is 0 Å². The number of likely N-dealkylation sites (tertiary alicyclic amines) is 1. The highest BCUT2D eigenvalue weighted by Crippen LogP contribution is 2.20. The number of hydrogen-bond acceptors (Lipinski definition) is 4. The van der Waals surface area contributed by atoms with E-state index in [9.17, 15) is 14.7 Å². The van der Waals surface area contributed by atoms with Crippen LogP contribution in [0.1, 0.15) is 29.8 Å². The number of aromatic nitrogens is 3. The molecule has 0 bridgehead atoms. The number of rotatable bonds is 2. The van der Waals surface area contributed by atoms with Crippen LogP contribution in [0.3, 0.4) is 0 Å². The standard InChI is InChI=1S/C13H14N4O3/c18-12(16-7-2-1-4-9(16)13(19)20)10-8-14-11-5-3-6-15-17(10)11/h3,5-6,8-9H,1-2,4,7H2,(H,19,20). The minimum Gasteiger partial charge on any atom is -0.480 e. The number of fused-ring (bicyclic) bond motifs is 1. The van der Waals surface area contributed by atoms with Crippen molar-refractivity contribution < 1.29 is 14.7 Å². The topological polar surface area (TPSA) is 87.8 Å². The molecule has 2 aromatic heterocycles. The second kappa shape index (κ2) is 4.92. The van der Waals surface area contributed by atoms with Gasteiger partial charge in [0.15, 0.2) is 11.3 Å². The highest BCUT2D eigenvalue weighted by atomic mass is 16.4. The normalized spacial score (nSPS) is 19.2. The van der Waals surface area contributed by atoms with Gasteiger partial charge in [0.1, 0.15) is 6.04 Å². The first-order valence-corrected chi connectivity index (χ1v) is 6.51. The molecule has 1 amide bonds. The Bertz CT molecular complexity index is 666. The van der Waals surface area contributed by atoms with E-state index in [-0.39, 0.29) is 5.91 Å². The van der Waals surface area contributed by atoms with Gasteiger partial charge in [-0.3, -0.25) is 4.79 Å². The van der Waals surface area contributed by atoms with Crippen molar-refractivity contribution in [3.8, 4) is 0 Å². The molecule has 0 aromatic carbocycles. The minimum atomic E-state index is -0.958. The highest BCUT2D eigenvalue weighted by Gasteiger charge is 2.33. The van der Waals surface area contributed by atoms with Gasteiger partial charge in [-0.15, -0.1) is 0 Å². The summed E-state index contributed by atoms with van der Waals surface area (Å²) in [5.74, 6) is -1.29. The van der Waals surface area contributed by atoms with Crippen LogP contribution in [0.4, 0.5) is 0 Å². The van der Waals surface area contributed by atoms with E-state index < -0.39 is 12.0 Å². The number of carbonyl (C=O) groups is 2. The molecule has 1 N–H and O–H groups in total. The molecule has 3 rings (SSSR count). The number of piperidine rings is 1. The Morgan fingerprint density at radius 2 is 2.20 bits per heavy atom. The summed E-state index contributed by atoms with van der Waals surface area (Å²) in [6.07, 6.45) is 5.14. The molecule has 0 radical (unpaired) electrons. The highest BCUT2D eigenvalue weighted by molar-refractivity contribution is 5.95. The van der Waals surface area contributed by atoms with E-state index in [1.165, 1.54) is 15.6 Å². The lowest BCUT2D eigenvalue weighted by molar-refractivity contribution is -0.143. The van der Waals surface area contributed by atoms with Crippen molar-refractivity contribution in [3.63, 3.8) is 0 Å². The summed E-state index contributed by atoms with van der Waals surface area (Å²) in [6.45, 7) is 0.454. The maximum absolute atomic E-state index is 12.6. The molecule has 104 valence electrons. The summed E-state index contributed by atoms with van der Waals surface area (Å²) >= 11 is 0. The van der Waals surface area contributed by atoms with Gasteiger partial charge in [-0.2, -0.15) is 5.10 Å².